The van der Waals surface area contributed by atoms with Gasteiger partial charge in [0.1, 0.15) is 0 Å². The Morgan fingerprint density at radius 1 is 1.05 bits per heavy atom. The van der Waals surface area contributed by atoms with Gasteiger partial charge in [0.15, 0.2) is 0 Å². The highest BCUT2D eigenvalue weighted by atomic mass is 35.5. The first-order valence-electron chi connectivity index (χ1n) is 7.44. The Hall–Kier alpha value is -1.17. The normalized spacial score (nSPS) is 10.9. The Kier molecular flexibility index (Phi) is 6.42. The Balaban J connectivity index is 2.29. The summed E-state index contributed by atoms with van der Waals surface area (Å²) in [5.41, 5.74) is 3.25. The van der Waals surface area contributed by atoms with Gasteiger partial charge in [0.05, 0.1) is 11.6 Å². The lowest BCUT2D eigenvalue weighted by Gasteiger charge is -2.04. The van der Waals surface area contributed by atoms with Gasteiger partial charge in [-0.05, 0) is 55.9 Å². The molecule has 0 bridgehead atoms. The van der Waals surface area contributed by atoms with Gasteiger partial charge in [-0.15, -0.1) is 23.2 Å². The first-order valence-corrected chi connectivity index (χ1v) is 8.51. The van der Waals surface area contributed by atoms with E-state index in [9.17, 15) is 0 Å². The summed E-state index contributed by atoms with van der Waals surface area (Å²) < 4.78 is 2.29. The van der Waals surface area contributed by atoms with Crippen molar-refractivity contribution in [2.75, 3.05) is 11.8 Å². The van der Waals surface area contributed by atoms with Gasteiger partial charge in [0.25, 0.3) is 0 Å². The highest BCUT2D eigenvalue weighted by Crippen LogP contribution is 2.25. The van der Waals surface area contributed by atoms with Crippen molar-refractivity contribution in [3.05, 3.63) is 35.5 Å². The minimum Gasteiger partial charge on any atom is -0.347 e. The first kappa shape index (κ1) is 16.2. The zero-order valence-corrected chi connectivity index (χ0v) is 13.6. The number of aryl methyl sites for hydroxylation is 2. The van der Waals surface area contributed by atoms with Gasteiger partial charge in [-0.1, -0.05) is 0 Å². The molecule has 0 amide bonds. The molecule has 0 aliphatic carbocycles. The molecule has 112 valence electrons. The average Bonchev–Trinajstić information content (AvgIpc) is 2.85. The lowest BCUT2D eigenvalue weighted by Crippen LogP contribution is -1.96. The quantitative estimate of drug-likeness (QED) is 0.491. The zero-order valence-electron chi connectivity index (χ0n) is 12.1. The van der Waals surface area contributed by atoms with E-state index in [-0.39, 0.29) is 0 Å². The van der Waals surface area contributed by atoms with Gasteiger partial charge in [-0.3, -0.25) is 0 Å². The number of aromatic nitrogens is 1. The number of hydrogen-bond donors (Lipinski definition) is 0. The summed E-state index contributed by atoms with van der Waals surface area (Å²) in [6, 6.07) is 8.18. The molecular formula is C17H20Cl2N2. The monoisotopic (exact) mass is 322 g/mol. The van der Waals surface area contributed by atoms with Gasteiger partial charge in [-0.2, -0.15) is 5.26 Å². The second-order valence-corrected chi connectivity index (χ2v) is 5.99. The van der Waals surface area contributed by atoms with Crippen molar-refractivity contribution < 1.29 is 0 Å². The van der Waals surface area contributed by atoms with Gasteiger partial charge in [-0.25, -0.2) is 0 Å². The van der Waals surface area contributed by atoms with Crippen molar-refractivity contribution in [3.8, 4) is 6.07 Å². The molecule has 0 fully saturated rings. The summed E-state index contributed by atoms with van der Waals surface area (Å²) in [5.74, 6) is 1.41. The summed E-state index contributed by atoms with van der Waals surface area (Å²) in [4.78, 5) is 0. The number of hydrogen-bond acceptors (Lipinski definition) is 1. The van der Waals surface area contributed by atoms with Gasteiger partial charge >= 0.3 is 0 Å². The van der Waals surface area contributed by atoms with E-state index in [1.54, 1.807) is 0 Å². The zero-order chi connectivity index (χ0) is 15.1. The molecule has 0 unspecified atom stereocenters. The molecular weight excluding hydrogens is 303 g/mol. The van der Waals surface area contributed by atoms with Crippen LogP contribution in [0.4, 0.5) is 0 Å². The third kappa shape index (κ3) is 4.15. The maximum absolute atomic E-state index is 9.09. The van der Waals surface area contributed by atoms with Crippen LogP contribution in [0.2, 0.25) is 0 Å². The molecule has 2 nitrogen and oxygen atoms in total. The fraction of sp³-hybridized carbons (Fsp3) is 0.471. The van der Waals surface area contributed by atoms with Crippen molar-refractivity contribution in [3.63, 3.8) is 0 Å². The van der Waals surface area contributed by atoms with Gasteiger partial charge < -0.3 is 4.57 Å². The van der Waals surface area contributed by atoms with Crippen LogP contribution >= 0.6 is 23.2 Å². The highest BCUT2D eigenvalue weighted by molar-refractivity contribution is 6.18. The largest absolute Gasteiger partial charge is 0.347 e. The van der Waals surface area contributed by atoms with E-state index >= 15 is 0 Å². The van der Waals surface area contributed by atoms with Gasteiger partial charge in [0.2, 0.25) is 0 Å². The topological polar surface area (TPSA) is 28.7 Å². The summed E-state index contributed by atoms with van der Waals surface area (Å²) in [6.07, 6.45) is 7.46. The molecule has 1 aromatic heterocycles. The number of fused-ring (bicyclic) bond motifs is 1. The van der Waals surface area contributed by atoms with Crippen LogP contribution in [0.25, 0.3) is 10.9 Å². The molecule has 0 N–H and O–H groups in total. The minimum absolute atomic E-state index is 0.706. The van der Waals surface area contributed by atoms with E-state index in [2.05, 4.69) is 22.9 Å². The molecule has 4 heteroatoms. The molecule has 2 rings (SSSR count). The van der Waals surface area contributed by atoms with Crippen LogP contribution in [0, 0.1) is 11.3 Å². The number of halogens is 2. The third-order valence-electron chi connectivity index (χ3n) is 3.71. The molecule has 1 heterocycles. The maximum atomic E-state index is 9.09. The van der Waals surface area contributed by atoms with E-state index in [1.165, 1.54) is 16.5 Å². The van der Waals surface area contributed by atoms with E-state index in [1.807, 2.05) is 12.1 Å². The second-order valence-electron chi connectivity index (χ2n) is 5.23. The molecule has 0 saturated carbocycles. The maximum Gasteiger partial charge on any atom is 0.0991 e. The Morgan fingerprint density at radius 2 is 1.81 bits per heavy atom. The van der Waals surface area contributed by atoms with Crippen molar-refractivity contribution in [2.24, 2.45) is 0 Å². The van der Waals surface area contributed by atoms with Crippen LogP contribution in [0.5, 0.6) is 0 Å². The predicted molar refractivity (Wildman–Crippen MR) is 90.3 cm³/mol. The number of rotatable bonds is 8. The first-order chi connectivity index (χ1) is 10.3. The lowest BCUT2D eigenvalue weighted by atomic mass is 10.1. The average molecular weight is 323 g/mol. The number of unbranched alkanes of at least 4 members (excludes halogenated alkanes) is 2. The molecule has 0 aliphatic heterocycles. The summed E-state index contributed by atoms with van der Waals surface area (Å²) >= 11 is 11.5. The molecule has 0 spiro atoms. The van der Waals surface area contributed by atoms with E-state index in [4.69, 9.17) is 28.5 Å². The number of nitriles is 1. The number of alkyl halides is 2. The molecule has 2 aromatic rings. The Bertz CT molecular complexity index is 625. The SMILES string of the molecule is N#Cc1ccc2c(c1)c(CCCCCl)cn2CCCCCl. The smallest absolute Gasteiger partial charge is 0.0991 e. The van der Waals surface area contributed by atoms with E-state index < -0.39 is 0 Å². The minimum atomic E-state index is 0.706. The highest BCUT2D eigenvalue weighted by Gasteiger charge is 2.09. The molecule has 0 saturated heterocycles. The third-order valence-corrected chi connectivity index (χ3v) is 4.24. The van der Waals surface area contributed by atoms with Gasteiger partial charge in [0, 0.05) is 35.4 Å². The second kappa shape index (κ2) is 8.32. The fourth-order valence-corrected chi connectivity index (χ4v) is 2.99. The van der Waals surface area contributed by atoms with Crippen LogP contribution in [-0.4, -0.2) is 16.3 Å². The number of benzene rings is 1. The van der Waals surface area contributed by atoms with E-state index in [0.717, 1.165) is 44.2 Å². The Morgan fingerprint density at radius 3 is 2.52 bits per heavy atom. The molecule has 0 aliphatic rings. The molecule has 1 aromatic carbocycles. The van der Waals surface area contributed by atoms with Crippen LogP contribution in [-0.2, 0) is 13.0 Å². The lowest BCUT2D eigenvalue weighted by molar-refractivity contribution is 0.649. The summed E-state index contributed by atoms with van der Waals surface area (Å²) in [7, 11) is 0. The summed E-state index contributed by atoms with van der Waals surface area (Å²) in [5, 5.41) is 10.3. The standard InChI is InChI=1S/C17H20Cl2N2/c18-8-2-1-5-15-13-21(10-4-3-9-19)17-7-6-14(12-20)11-16(15)17/h6-7,11,13H,1-5,8-10H2. The molecule has 0 atom stereocenters. The van der Waals surface area contributed by atoms with Crippen molar-refractivity contribution >= 4 is 34.1 Å². The molecule has 0 radical (unpaired) electrons. The van der Waals surface area contributed by atoms with Crippen LogP contribution in [0.15, 0.2) is 24.4 Å². The van der Waals surface area contributed by atoms with Crippen LogP contribution < -0.4 is 0 Å². The van der Waals surface area contributed by atoms with E-state index in [0.29, 0.717) is 11.8 Å². The van der Waals surface area contributed by atoms with Crippen molar-refractivity contribution in [1.82, 2.24) is 4.57 Å². The van der Waals surface area contributed by atoms with Crippen LogP contribution in [0.3, 0.4) is 0 Å². The fourth-order valence-electron chi connectivity index (χ4n) is 2.61. The predicted octanol–water partition coefficient (Wildman–Crippen LogP) is 5.09. The van der Waals surface area contributed by atoms with Crippen LogP contribution in [0.1, 0.15) is 36.8 Å². The number of nitrogens with zero attached hydrogens (tertiary/aromatic N) is 2. The van der Waals surface area contributed by atoms with Crippen molar-refractivity contribution in [1.29, 1.82) is 5.26 Å². The summed E-state index contributed by atoms with van der Waals surface area (Å²) in [6.45, 7) is 0.977. The Labute approximate surface area is 136 Å². The molecule has 21 heavy (non-hydrogen) atoms. The van der Waals surface area contributed by atoms with Crippen molar-refractivity contribution in [2.45, 2.75) is 38.6 Å².